The molecule has 0 aromatic carbocycles. The van der Waals surface area contributed by atoms with Crippen molar-refractivity contribution in [3.63, 3.8) is 0 Å². The van der Waals surface area contributed by atoms with Gasteiger partial charge in [-0.2, -0.15) is 5.10 Å². The van der Waals surface area contributed by atoms with Crippen LogP contribution < -0.4 is 5.32 Å². The van der Waals surface area contributed by atoms with Crippen molar-refractivity contribution in [1.29, 1.82) is 0 Å². The van der Waals surface area contributed by atoms with E-state index in [1.807, 2.05) is 18.2 Å². The van der Waals surface area contributed by atoms with Crippen molar-refractivity contribution in [2.75, 3.05) is 5.32 Å². The van der Waals surface area contributed by atoms with Crippen LogP contribution >= 0.6 is 22.9 Å². The van der Waals surface area contributed by atoms with Gasteiger partial charge in [-0.1, -0.05) is 11.6 Å². The molecule has 1 atom stereocenters. The van der Waals surface area contributed by atoms with Crippen LogP contribution in [0.1, 0.15) is 42.4 Å². The van der Waals surface area contributed by atoms with E-state index < -0.39 is 6.10 Å². The molecule has 4 rings (SSSR count). The van der Waals surface area contributed by atoms with Crippen molar-refractivity contribution < 1.29 is 5.11 Å². The molecule has 0 radical (unpaired) electrons. The Morgan fingerprint density at radius 2 is 2.25 bits per heavy atom. The number of rotatable bonds is 5. The van der Waals surface area contributed by atoms with Gasteiger partial charge < -0.3 is 10.4 Å². The molecule has 1 saturated carbocycles. The van der Waals surface area contributed by atoms with Crippen LogP contribution in [0.5, 0.6) is 0 Å². The van der Waals surface area contributed by atoms with E-state index in [1.54, 1.807) is 13.1 Å². The number of hydrogen-bond donors (Lipinski definition) is 3. The van der Waals surface area contributed by atoms with Crippen molar-refractivity contribution in [1.82, 2.24) is 20.2 Å². The minimum Gasteiger partial charge on any atom is -0.388 e. The SMILES string of the molecule is C[C@@H](O)c1ccc(-c2ncc(Cl)c(Nc3cc(C4CC4)[nH]n3)n2)s1. The number of nitrogens with zero attached hydrogens (tertiary/aromatic N) is 3. The summed E-state index contributed by atoms with van der Waals surface area (Å²) in [7, 11) is 0. The predicted octanol–water partition coefficient (Wildman–Crippen LogP) is 4.26. The van der Waals surface area contributed by atoms with Gasteiger partial charge in [0.25, 0.3) is 0 Å². The Morgan fingerprint density at radius 3 is 2.96 bits per heavy atom. The Hall–Kier alpha value is -1.96. The van der Waals surface area contributed by atoms with E-state index in [0.29, 0.717) is 28.4 Å². The maximum atomic E-state index is 9.65. The summed E-state index contributed by atoms with van der Waals surface area (Å²) in [4.78, 5) is 10.5. The normalized spacial score (nSPS) is 15.5. The topological polar surface area (TPSA) is 86.7 Å². The molecule has 0 saturated heterocycles. The first-order valence-corrected chi connectivity index (χ1v) is 8.92. The molecule has 8 heteroatoms. The number of nitrogens with one attached hydrogen (secondary N) is 2. The van der Waals surface area contributed by atoms with Gasteiger partial charge in [-0.3, -0.25) is 5.10 Å². The fraction of sp³-hybridized carbons (Fsp3) is 0.312. The fourth-order valence-electron chi connectivity index (χ4n) is 2.40. The van der Waals surface area contributed by atoms with Gasteiger partial charge in [0.05, 0.1) is 17.2 Å². The molecule has 0 bridgehead atoms. The first-order chi connectivity index (χ1) is 11.6. The average molecular weight is 362 g/mol. The van der Waals surface area contributed by atoms with E-state index in [1.165, 1.54) is 24.2 Å². The maximum Gasteiger partial charge on any atom is 0.171 e. The average Bonchev–Trinajstić information content (AvgIpc) is 3.10. The second-order valence-corrected chi connectivity index (χ2v) is 7.40. The Kier molecular flexibility index (Phi) is 3.99. The number of aliphatic hydroxyl groups excluding tert-OH is 1. The standard InChI is InChI=1S/C16H16ClN5OS/c1-8(23)12-4-5-13(24-12)16-18-7-10(17)15(20-16)19-14-6-11(21-22-14)9-2-3-9/h4-9,23H,2-3H2,1H3,(H2,18,19,20,21,22)/t8-/m1/s1. The number of aliphatic hydroxyl groups is 1. The summed E-state index contributed by atoms with van der Waals surface area (Å²) in [6.07, 6.45) is 3.50. The summed E-state index contributed by atoms with van der Waals surface area (Å²) >= 11 is 7.67. The minimum atomic E-state index is -0.501. The van der Waals surface area contributed by atoms with Gasteiger partial charge in [-0.15, -0.1) is 11.3 Å². The minimum absolute atomic E-state index is 0.432. The summed E-state index contributed by atoms with van der Waals surface area (Å²) in [6, 6.07) is 5.78. The zero-order valence-electron chi connectivity index (χ0n) is 13.0. The van der Waals surface area contributed by atoms with Crippen molar-refractivity contribution in [3.8, 4) is 10.7 Å². The summed E-state index contributed by atoms with van der Waals surface area (Å²) in [5, 5.41) is 20.5. The van der Waals surface area contributed by atoms with Crippen molar-refractivity contribution in [3.05, 3.63) is 40.0 Å². The largest absolute Gasteiger partial charge is 0.388 e. The van der Waals surface area contributed by atoms with Crippen molar-refractivity contribution in [2.24, 2.45) is 0 Å². The third-order valence-corrected chi connectivity index (χ3v) is 5.39. The molecule has 1 aliphatic rings. The molecular formula is C16H16ClN5OS. The van der Waals surface area contributed by atoms with Crippen LogP contribution in [0.15, 0.2) is 24.4 Å². The molecule has 3 aromatic rings. The smallest absolute Gasteiger partial charge is 0.171 e. The lowest BCUT2D eigenvalue weighted by molar-refractivity contribution is 0.203. The van der Waals surface area contributed by atoms with Gasteiger partial charge in [0.2, 0.25) is 0 Å². The third kappa shape index (κ3) is 3.15. The van der Waals surface area contributed by atoms with Gasteiger partial charge in [-0.05, 0) is 31.9 Å². The zero-order valence-corrected chi connectivity index (χ0v) is 14.5. The molecule has 0 aliphatic heterocycles. The fourth-order valence-corrected chi connectivity index (χ4v) is 3.42. The molecule has 0 unspecified atom stereocenters. The molecule has 0 spiro atoms. The lowest BCUT2D eigenvalue weighted by Crippen LogP contribution is -1.98. The van der Waals surface area contributed by atoms with Crippen LogP contribution in [0.2, 0.25) is 5.02 Å². The second-order valence-electron chi connectivity index (χ2n) is 5.88. The molecule has 1 aliphatic carbocycles. The number of aromatic nitrogens is 4. The molecule has 3 aromatic heterocycles. The van der Waals surface area contributed by atoms with E-state index in [-0.39, 0.29) is 0 Å². The van der Waals surface area contributed by atoms with Crippen LogP contribution in [0.25, 0.3) is 10.7 Å². The molecule has 0 amide bonds. The highest BCUT2D eigenvalue weighted by Gasteiger charge is 2.25. The van der Waals surface area contributed by atoms with Gasteiger partial charge in [-0.25, -0.2) is 9.97 Å². The van der Waals surface area contributed by atoms with Gasteiger partial charge >= 0.3 is 0 Å². The van der Waals surface area contributed by atoms with Crippen LogP contribution in [-0.4, -0.2) is 25.3 Å². The number of anilines is 2. The number of hydrogen-bond acceptors (Lipinski definition) is 6. The van der Waals surface area contributed by atoms with E-state index >= 15 is 0 Å². The molecule has 3 N–H and O–H groups in total. The molecular weight excluding hydrogens is 346 g/mol. The number of aromatic amines is 1. The lowest BCUT2D eigenvalue weighted by atomic mass is 10.3. The summed E-state index contributed by atoms with van der Waals surface area (Å²) in [6.45, 7) is 1.74. The first kappa shape index (κ1) is 15.6. The molecule has 3 heterocycles. The second kappa shape index (κ2) is 6.16. The van der Waals surface area contributed by atoms with Crippen LogP contribution in [-0.2, 0) is 0 Å². The van der Waals surface area contributed by atoms with E-state index in [9.17, 15) is 5.11 Å². The molecule has 1 fully saturated rings. The number of thiophene rings is 1. The highest BCUT2D eigenvalue weighted by molar-refractivity contribution is 7.15. The zero-order chi connectivity index (χ0) is 16.7. The summed E-state index contributed by atoms with van der Waals surface area (Å²) in [5.41, 5.74) is 1.14. The van der Waals surface area contributed by atoms with Crippen molar-refractivity contribution >= 4 is 34.6 Å². The van der Waals surface area contributed by atoms with Gasteiger partial charge in [0.15, 0.2) is 17.5 Å². The van der Waals surface area contributed by atoms with Crippen LogP contribution in [0, 0.1) is 0 Å². The van der Waals surface area contributed by atoms with Gasteiger partial charge in [0.1, 0.15) is 5.02 Å². The summed E-state index contributed by atoms with van der Waals surface area (Å²) < 4.78 is 0. The quantitative estimate of drug-likeness (QED) is 0.632. The lowest BCUT2D eigenvalue weighted by Gasteiger charge is -2.05. The Morgan fingerprint density at radius 1 is 1.42 bits per heavy atom. The Bertz CT molecular complexity index is 871. The highest BCUT2D eigenvalue weighted by atomic mass is 35.5. The maximum absolute atomic E-state index is 9.65. The van der Waals surface area contributed by atoms with Gasteiger partial charge in [0, 0.05) is 22.6 Å². The monoisotopic (exact) mass is 361 g/mol. The summed E-state index contributed by atoms with van der Waals surface area (Å²) in [5.74, 6) is 2.38. The molecule has 124 valence electrons. The number of halogens is 1. The van der Waals surface area contributed by atoms with Crippen molar-refractivity contribution in [2.45, 2.75) is 31.8 Å². The molecule has 24 heavy (non-hydrogen) atoms. The molecule has 6 nitrogen and oxygen atoms in total. The highest BCUT2D eigenvalue weighted by Crippen LogP contribution is 2.40. The van der Waals surface area contributed by atoms with Crippen LogP contribution in [0.4, 0.5) is 11.6 Å². The van der Waals surface area contributed by atoms with E-state index in [0.717, 1.165) is 15.4 Å². The Labute approximate surface area is 147 Å². The Balaban J connectivity index is 1.60. The third-order valence-electron chi connectivity index (χ3n) is 3.86. The van der Waals surface area contributed by atoms with E-state index in [4.69, 9.17) is 11.6 Å². The first-order valence-electron chi connectivity index (χ1n) is 7.73. The van der Waals surface area contributed by atoms with Crippen LogP contribution in [0.3, 0.4) is 0 Å². The van der Waals surface area contributed by atoms with E-state index in [2.05, 4.69) is 25.5 Å². The predicted molar refractivity (Wildman–Crippen MR) is 94.8 cm³/mol. The number of H-pyrrole nitrogens is 1.